The maximum atomic E-state index is 13.5. The van der Waals surface area contributed by atoms with Crippen LogP contribution < -0.4 is 20.3 Å². The normalized spacial score (nSPS) is 11.2. The highest BCUT2D eigenvalue weighted by atomic mass is 16.5. The van der Waals surface area contributed by atoms with Crippen molar-refractivity contribution in [3.8, 4) is 11.5 Å². The molecule has 0 radical (unpaired) electrons. The molecule has 0 bridgehead atoms. The van der Waals surface area contributed by atoms with Crippen molar-refractivity contribution in [1.29, 1.82) is 0 Å². The summed E-state index contributed by atoms with van der Waals surface area (Å²) < 4.78 is 13.8. The molecule has 5 heteroatoms. The second-order valence-corrected chi connectivity index (χ2v) is 9.64. The number of ether oxygens (including phenoxy) is 2. The monoisotopic (exact) mass is 492 g/mol. The summed E-state index contributed by atoms with van der Waals surface area (Å²) in [7, 11) is 0. The average molecular weight is 493 g/mol. The molecule has 1 aromatic heterocycles. The maximum absolute atomic E-state index is 13.5. The van der Waals surface area contributed by atoms with Crippen molar-refractivity contribution in [2.24, 2.45) is 0 Å². The molecule has 1 heterocycles. The Morgan fingerprint density at radius 1 is 1.00 bits per heavy atom. The second-order valence-electron chi connectivity index (χ2n) is 9.64. The van der Waals surface area contributed by atoms with Gasteiger partial charge in [-0.3, -0.25) is 4.79 Å². The topological polar surface area (TPSA) is 52.5 Å². The molecule has 0 aliphatic heterocycles. The quantitative estimate of drug-likeness (QED) is 0.258. The molecule has 2 rings (SSSR count). The minimum Gasteiger partial charge on any atom is -0.485 e. The van der Waals surface area contributed by atoms with Gasteiger partial charge >= 0.3 is 0 Å². The van der Waals surface area contributed by atoms with Crippen LogP contribution in [0.2, 0.25) is 0 Å². The van der Waals surface area contributed by atoms with Crippen LogP contribution in [0.4, 0.5) is 5.69 Å². The van der Waals surface area contributed by atoms with Gasteiger partial charge in [-0.15, -0.1) is 0 Å². The Kier molecular flexibility index (Phi) is 12.1. The largest absolute Gasteiger partial charge is 0.485 e. The number of unbranched alkanes of at least 4 members (excludes halogenated alkanes) is 1. The fourth-order valence-electron chi connectivity index (χ4n) is 3.78. The summed E-state index contributed by atoms with van der Waals surface area (Å²) in [4.78, 5) is 13.5. The van der Waals surface area contributed by atoms with E-state index in [1.165, 1.54) is 11.1 Å². The van der Waals surface area contributed by atoms with Gasteiger partial charge in [-0.25, -0.2) is 0 Å². The first-order chi connectivity index (χ1) is 17.3. The number of nitrogens with one attached hydrogen (secondary N) is 1. The van der Waals surface area contributed by atoms with Gasteiger partial charge in [0.1, 0.15) is 13.2 Å². The Morgan fingerprint density at radius 3 is 2.39 bits per heavy atom. The lowest BCUT2D eigenvalue weighted by atomic mass is 10.1. The first kappa shape index (κ1) is 29.0. The summed E-state index contributed by atoms with van der Waals surface area (Å²) >= 11 is 0. The number of rotatable bonds is 15. The third kappa shape index (κ3) is 8.78. The molecule has 0 saturated carbocycles. The molecular formula is C31H44N2O3. The van der Waals surface area contributed by atoms with Crippen LogP contribution in [0, 0.1) is 0 Å². The van der Waals surface area contributed by atoms with E-state index < -0.39 is 0 Å². The maximum Gasteiger partial charge on any atom is 0.297 e. The Balaban J connectivity index is 2.45. The first-order valence-electron chi connectivity index (χ1n) is 13.0. The zero-order valence-corrected chi connectivity index (χ0v) is 23.1. The number of hydrogen-bond donors (Lipinski definition) is 1. The van der Waals surface area contributed by atoms with E-state index in [0.29, 0.717) is 18.9 Å². The highest BCUT2D eigenvalue weighted by Crippen LogP contribution is 2.34. The van der Waals surface area contributed by atoms with E-state index in [-0.39, 0.29) is 17.9 Å². The van der Waals surface area contributed by atoms with Crippen LogP contribution in [0.15, 0.2) is 70.6 Å². The molecule has 0 saturated heterocycles. The van der Waals surface area contributed by atoms with Gasteiger partial charge in [0, 0.05) is 24.2 Å². The van der Waals surface area contributed by atoms with Crippen molar-refractivity contribution in [2.75, 3.05) is 25.1 Å². The third-order valence-electron chi connectivity index (χ3n) is 5.83. The number of nitrogens with zero attached hydrogens (tertiary/aromatic N) is 1. The van der Waals surface area contributed by atoms with Crippen molar-refractivity contribution in [3.05, 3.63) is 76.2 Å². The Hall–Kier alpha value is -3.21. The summed E-state index contributed by atoms with van der Waals surface area (Å²) in [6.45, 7) is 18.3. The minimum atomic E-state index is -0.169. The van der Waals surface area contributed by atoms with Crippen molar-refractivity contribution >= 4 is 16.6 Å². The predicted octanol–water partition coefficient (Wildman–Crippen LogP) is 7.82. The molecule has 1 aromatic carbocycles. The summed E-state index contributed by atoms with van der Waals surface area (Å²) in [5.74, 6) is 0.736. The van der Waals surface area contributed by atoms with E-state index in [2.05, 4.69) is 51.7 Å². The van der Waals surface area contributed by atoms with Crippen LogP contribution in [-0.2, 0) is 6.54 Å². The number of benzene rings is 1. The van der Waals surface area contributed by atoms with Crippen LogP contribution in [-0.4, -0.2) is 24.3 Å². The average Bonchev–Trinajstić information content (AvgIpc) is 2.82. The molecule has 196 valence electrons. The molecular weight excluding hydrogens is 448 g/mol. The zero-order valence-electron chi connectivity index (χ0n) is 23.1. The first-order valence-corrected chi connectivity index (χ1v) is 13.0. The third-order valence-corrected chi connectivity index (χ3v) is 5.83. The van der Waals surface area contributed by atoms with E-state index in [4.69, 9.17) is 9.47 Å². The zero-order chi connectivity index (χ0) is 26.5. The molecule has 0 fully saturated rings. The summed E-state index contributed by atoms with van der Waals surface area (Å²) in [6, 6.07) is 6.10. The van der Waals surface area contributed by atoms with Crippen LogP contribution in [0.25, 0.3) is 10.9 Å². The van der Waals surface area contributed by atoms with Crippen molar-refractivity contribution in [3.63, 3.8) is 0 Å². The number of aryl methyl sites for hydroxylation is 1. The number of fused-ring (bicyclic) bond motifs is 1. The molecule has 36 heavy (non-hydrogen) atoms. The highest BCUT2D eigenvalue weighted by molar-refractivity contribution is 5.90. The van der Waals surface area contributed by atoms with Gasteiger partial charge < -0.3 is 19.4 Å². The summed E-state index contributed by atoms with van der Waals surface area (Å²) in [5, 5.41) is 4.36. The van der Waals surface area contributed by atoms with Crippen LogP contribution in [0.3, 0.4) is 0 Å². The fraction of sp³-hybridized carbons (Fsp3) is 0.452. The Bertz CT molecular complexity index is 1160. The van der Waals surface area contributed by atoms with Gasteiger partial charge in [0.2, 0.25) is 5.75 Å². The summed E-state index contributed by atoms with van der Waals surface area (Å²) in [5.41, 5.74) is 5.52. The van der Waals surface area contributed by atoms with Crippen molar-refractivity contribution in [2.45, 2.75) is 73.8 Å². The Labute approximate surface area is 217 Å². The van der Waals surface area contributed by atoms with Crippen molar-refractivity contribution < 1.29 is 9.47 Å². The molecule has 0 aliphatic carbocycles. The summed E-state index contributed by atoms with van der Waals surface area (Å²) in [6.07, 6.45) is 12.2. The van der Waals surface area contributed by atoms with Gasteiger partial charge in [-0.05, 0) is 78.2 Å². The standard InChI is InChI=1S/C31H44N2O3/c1-8-10-19-33-28-22-26(32-18-16-25(7)13-11-12-23(3)4)14-15-27(28)29(36-21-17-24(5)6)30(31(33)34)35-20-9-2/h9,12,14-17,22,32H,2,8,10-11,13,18-21H2,1,3-7H3. The number of pyridine rings is 1. The molecule has 5 nitrogen and oxygen atoms in total. The number of aromatic nitrogens is 1. The highest BCUT2D eigenvalue weighted by Gasteiger charge is 2.20. The molecule has 0 spiro atoms. The van der Waals surface area contributed by atoms with Crippen LogP contribution >= 0.6 is 0 Å². The number of hydrogen-bond acceptors (Lipinski definition) is 4. The lowest BCUT2D eigenvalue weighted by molar-refractivity contribution is 0.304. The lowest BCUT2D eigenvalue weighted by Gasteiger charge is -2.19. The molecule has 0 amide bonds. The second kappa shape index (κ2) is 15.0. The van der Waals surface area contributed by atoms with Crippen molar-refractivity contribution in [1.82, 2.24) is 4.57 Å². The van der Waals surface area contributed by atoms with Gasteiger partial charge in [0.15, 0.2) is 5.75 Å². The van der Waals surface area contributed by atoms with Crippen LogP contribution in [0.5, 0.6) is 11.5 Å². The molecule has 1 N–H and O–H groups in total. The van der Waals surface area contributed by atoms with E-state index in [1.54, 1.807) is 6.08 Å². The molecule has 2 aromatic rings. The smallest absolute Gasteiger partial charge is 0.297 e. The minimum absolute atomic E-state index is 0.169. The van der Waals surface area contributed by atoms with E-state index in [9.17, 15) is 4.79 Å². The molecule has 0 unspecified atom stereocenters. The van der Waals surface area contributed by atoms with Gasteiger partial charge in [-0.2, -0.15) is 0 Å². The number of allylic oxidation sites excluding steroid dienone is 4. The molecule has 0 atom stereocenters. The van der Waals surface area contributed by atoms with Gasteiger partial charge in [0.05, 0.1) is 5.52 Å². The van der Waals surface area contributed by atoms with E-state index >= 15 is 0 Å². The van der Waals surface area contributed by atoms with Crippen LogP contribution in [0.1, 0.15) is 67.2 Å². The Morgan fingerprint density at radius 2 is 1.72 bits per heavy atom. The number of anilines is 1. The predicted molar refractivity (Wildman–Crippen MR) is 155 cm³/mol. The lowest BCUT2D eigenvalue weighted by Crippen LogP contribution is -2.24. The van der Waals surface area contributed by atoms with Gasteiger partial charge in [-0.1, -0.05) is 54.9 Å². The SMILES string of the molecule is C=CCOc1c(OCC=C(C)C)c2ccc(NCC=C(C)CCC=C(C)C)cc2n(CCCC)c1=O. The van der Waals surface area contributed by atoms with E-state index in [1.807, 2.05) is 42.7 Å². The fourth-order valence-corrected chi connectivity index (χ4v) is 3.78. The molecule has 0 aliphatic rings. The van der Waals surface area contributed by atoms with Gasteiger partial charge in [0.25, 0.3) is 5.56 Å². The van der Waals surface area contributed by atoms with E-state index in [0.717, 1.165) is 54.4 Å².